The fourth-order valence-electron chi connectivity index (χ4n) is 4.96. The predicted octanol–water partition coefficient (Wildman–Crippen LogP) is 6.21. The van der Waals surface area contributed by atoms with E-state index < -0.39 is 28.5 Å². The summed E-state index contributed by atoms with van der Waals surface area (Å²) in [5, 5.41) is 3.00. The number of unbranched alkanes of at least 4 members (excludes halogenated alkanes) is 1. The van der Waals surface area contributed by atoms with Gasteiger partial charge in [0.1, 0.15) is 18.3 Å². The highest BCUT2D eigenvalue weighted by atomic mass is 79.9. The number of halogens is 1. The van der Waals surface area contributed by atoms with E-state index in [0.29, 0.717) is 12.3 Å². The van der Waals surface area contributed by atoms with E-state index in [2.05, 4.69) is 21.2 Å². The number of carbonyl (C=O) groups excluding carboxylic acids is 2. The molecule has 1 unspecified atom stereocenters. The third-order valence-electron chi connectivity index (χ3n) is 7.31. The molecule has 4 rings (SSSR count). The second-order valence-corrected chi connectivity index (χ2v) is 13.3. The van der Waals surface area contributed by atoms with Crippen LogP contribution >= 0.6 is 15.9 Å². The quantitative estimate of drug-likeness (QED) is 0.150. The molecular weight excluding hydrogens is 654 g/mol. The molecule has 0 saturated carbocycles. The lowest BCUT2D eigenvalue weighted by Gasteiger charge is -2.34. The van der Waals surface area contributed by atoms with Crippen molar-refractivity contribution < 1.29 is 22.7 Å². The number of nitrogens with zero attached hydrogens (tertiary/aromatic N) is 2. The van der Waals surface area contributed by atoms with Crippen molar-refractivity contribution in [3.8, 4) is 5.75 Å². The van der Waals surface area contributed by atoms with Crippen LogP contribution in [-0.4, -0.2) is 51.4 Å². The Balaban J connectivity index is 1.81. The second kappa shape index (κ2) is 16.2. The maximum absolute atomic E-state index is 14.5. The van der Waals surface area contributed by atoms with Gasteiger partial charge in [0.05, 0.1) is 17.7 Å². The van der Waals surface area contributed by atoms with Crippen molar-refractivity contribution in [1.29, 1.82) is 0 Å². The van der Waals surface area contributed by atoms with E-state index in [9.17, 15) is 18.0 Å². The van der Waals surface area contributed by atoms with E-state index >= 15 is 0 Å². The molecule has 0 aromatic heterocycles. The Morgan fingerprint density at radius 3 is 2.18 bits per heavy atom. The Bertz CT molecular complexity index is 1670. The van der Waals surface area contributed by atoms with Crippen LogP contribution in [0, 0.1) is 0 Å². The molecule has 45 heavy (non-hydrogen) atoms. The summed E-state index contributed by atoms with van der Waals surface area (Å²) in [5.74, 6) is -0.543. The van der Waals surface area contributed by atoms with E-state index in [1.807, 2.05) is 61.5 Å². The van der Waals surface area contributed by atoms with Gasteiger partial charge < -0.3 is 15.0 Å². The van der Waals surface area contributed by atoms with Crippen LogP contribution in [0.2, 0.25) is 0 Å². The fraction of sp³-hybridized carbons (Fsp3) is 0.257. The number of sulfonamides is 1. The standard InChI is InChI=1S/C35H38BrN3O5S/c1-3-4-22-37-35(41)32(24-27-14-7-5-8-15-27)38(25-28-16-13-17-29(36)23-28)34(40)26-39(31-20-11-12-21-33(31)44-2)45(42,43)30-18-9-6-10-19-30/h5-21,23,32H,3-4,22,24-26H2,1-2H3,(H,37,41). The van der Waals surface area contributed by atoms with Crippen molar-refractivity contribution >= 4 is 43.5 Å². The number of anilines is 1. The van der Waals surface area contributed by atoms with Gasteiger partial charge in [0.15, 0.2) is 0 Å². The van der Waals surface area contributed by atoms with Crippen molar-refractivity contribution in [3.05, 3.63) is 125 Å². The zero-order valence-corrected chi connectivity index (χ0v) is 27.8. The molecule has 0 spiro atoms. The summed E-state index contributed by atoms with van der Waals surface area (Å²) in [5.41, 5.74) is 1.87. The van der Waals surface area contributed by atoms with Gasteiger partial charge in [0.2, 0.25) is 11.8 Å². The van der Waals surface area contributed by atoms with Gasteiger partial charge in [-0.1, -0.05) is 102 Å². The summed E-state index contributed by atoms with van der Waals surface area (Å²) < 4.78 is 35.7. The smallest absolute Gasteiger partial charge is 0.264 e. The molecule has 0 aliphatic rings. The van der Waals surface area contributed by atoms with Gasteiger partial charge >= 0.3 is 0 Å². The van der Waals surface area contributed by atoms with Crippen LogP contribution in [0.3, 0.4) is 0 Å². The molecule has 4 aromatic rings. The zero-order valence-electron chi connectivity index (χ0n) is 25.4. The number of para-hydroxylation sites is 2. The molecule has 236 valence electrons. The molecule has 2 amide bonds. The normalized spacial score (nSPS) is 11.8. The van der Waals surface area contributed by atoms with Crippen LogP contribution in [0.15, 0.2) is 119 Å². The predicted molar refractivity (Wildman–Crippen MR) is 181 cm³/mol. The van der Waals surface area contributed by atoms with Crippen LogP contribution in [0.1, 0.15) is 30.9 Å². The largest absolute Gasteiger partial charge is 0.495 e. The van der Waals surface area contributed by atoms with Crippen LogP contribution in [0.25, 0.3) is 0 Å². The van der Waals surface area contributed by atoms with Gasteiger partial charge in [-0.25, -0.2) is 8.42 Å². The highest BCUT2D eigenvalue weighted by Crippen LogP contribution is 2.32. The van der Waals surface area contributed by atoms with Gasteiger partial charge in [-0.2, -0.15) is 0 Å². The first kappa shape index (κ1) is 33.7. The van der Waals surface area contributed by atoms with Gasteiger partial charge in [0.25, 0.3) is 10.0 Å². The summed E-state index contributed by atoms with van der Waals surface area (Å²) in [6.45, 7) is 2.03. The van der Waals surface area contributed by atoms with Gasteiger partial charge in [-0.15, -0.1) is 0 Å². The Hall–Kier alpha value is -4.15. The highest BCUT2D eigenvalue weighted by molar-refractivity contribution is 9.10. The monoisotopic (exact) mass is 691 g/mol. The first-order valence-corrected chi connectivity index (χ1v) is 17.0. The minimum Gasteiger partial charge on any atom is -0.495 e. The highest BCUT2D eigenvalue weighted by Gasteiger charge is 2.35. The molecule has 0 saturated heterocycles. The van der Waals surface area contributed by atoms with Gasteiger partial charge in [-0.3, -0.25) is 13.9 Å². The van der Waals surface area contributed by atoms with Gasteiger partial charge in [-0.05, 0) is 53.9 Å². The van der Waals surface area contributed by atoms with Crippen molar-refractivity contribution in [2.24, 2.45) is 0 Å². The number of amides is 2. The third kappa shape index (κ3) is 8.95. The maximum Gasteiger partial charge on any atom is 0.264 e. The number of rotatable bonds is 15. The third-order valence-corrected chi connectivity index (χ3v) is 9.57. The molecule has 0 radical (unpaired) electrons. The number of methoxy groups -OCH3 is 1. The fourth-order valence-corrected chi connectivity index (χ4v) is 6.85. The van der Waals surface area contributed by atoms with Crippen LogP contribution in [0.4, 0.5) is 5.69 Å². The molecule has 10 heteroatoms. The SMILES string of the molecule is CCCCNC(=O)C(Cc1ccccc1)N(Cc1cccc(Br)c1)C(=O)CN(c1ccccc1OC)S(=O)(=O)c1ccccc1. The number of nitrogens with one attached hydrogen (secondary N) is 1. The lowest BCUT2D eigenvalue weighted by molar-refractivity contribution is -0.140. The Morgan fingerprint density at radius 1 is 0.867 bits per heavy atom. The van der Waals surface area contributed by atoms with Gasteiger partial charge in [0, 0.05) is 24.0 Å². The Kier molecular flexibility index (Phi) is 12.2. The topological polar surface area (TPSA) is 96.0 Å². The second-order valence-electron chi connectivity index (χ2n) is 10.5. The molecule has 0 fully saturated rings. The molecular formula is C35H38BrN3O5S. The average molecular weight is 693 g/mol. The lowest BCUT2D eigenvalue weighted by atomic mass is 10.0. The summed E-state index contributed by atoms with van der Waals surface area (Å²) >= 11 is 3.51. The van der Waals surface area contributed by atoms with Crippen LogP contribution in [-0.2, 0) is 32.6 Å². The van der Waals surface area contributed by atoms with E-state index in [0.717, 1.165) is 32.7 Å². The van der Waals surface area contributed by atoms with E-state index in [1.54, 1.807) is 42.5 Å². The molecule has 0 heterocycles. The number of carbonyl (C=O) groups is 2. The summed E-state index contributed by atoms with van der Waals surface area (Å²) in [6.07, 6.45) is 1.94. The first-order valence-electron chi connectivity index (χ1n) is 14.8. The van der Waals surface area contributed by atoms with Crippen molar-refractivity contribution in [2.75, 3.05) is 24.5 Å². The molecule has 0 aliphatic heterocycles. The zero-order chi connectivity index (χ0) is 32.2. The molecule has 4 aromatic carbocycles. The van der Waals surface area contributed by atoms with E-state index in [4.69, 9.17) is 4.74 Å². The maximum atomic E-state index is 14.5. The Labute approximate surface area is 274 Å². The summed E-state index contributed by atoms with van der Waals surface area (Å²) in [6, 6.07) is 30.7. The van der Waals surface area contributed by atoms with Crippen LogP contribution in [0.5, 0.6) is 5.75 Å². The number of benzene rings is 4. The lowest BCUT2D eigenvalue weighted by Crippen LogP contribution is -2.53. The van der Waals surface area contributed by atoms with Crippen molar-refractivity contribution in [1.82, 2.24) is 10.2 Å². The summed E-state index contributed by atoms with van der Waals surface area (Å²) in [7, 11) is -2.77. The molecule has 0 aliphatic carbocycles. The number of hydrogen-bond acceptors (Lipinski definition) is 5. The minimum atomic E-state index is -4.22. The average Bonchev–Trinajstić information content (AvgIpc) is 3.06. The number of hydrogen-bond donors (Lipinski definition) is 1. The van der Waals surface area contributed by atoms with Crippen LogP contribution < -0.4 is 14.4 Å². The van der Waals surface area contributed by atoms with E-state index in [1.165, 1.54) is 24.1 Å². The molecule has 1 atom stereocenters. The molecule has 0 bridgehead atoms. The summed E-state index contributed by atoms with van der Waals surface area (Å²) in [4.78, 5) is 29.9. The molecule has 8 nitrogen and oxygen atoms in total. The van der Waals surface area contributed by atoms with Crippen molar-refractivity contribution in [3.63, 3.8) is 0 Å². The van der Waals surface area contributed by atoms with E-state index in [-0.39, 0.29) is 29.5 Å². The number of ether oxygens (including phenoxy) is 1. The minimum absolute atomic E-state index is 0.0281. The van der Waals surface area contributed by atoms with Crippen molar-refractivity contribution in [2.45, 2.75) is 43.7 Å². The Morgan fingerprint density at radius 2 is 1.51 bits per heavy atom. The first-order chi connectivity index (χ1) is 21.7. The molecule has 1 N–H and O–H groups in total.